The third kappa shape index (κ3) is 3.44. The molecule has 0 saturated carbocycles. The topological polar surface area (TPSA) is 108 Å². The number of unbranched alkanes of at least 4 members (excludes halogenated alkanes) is 1. The number of H-pyrrole nitrogens is 1. The highest BCUT2D eigenvalue weighted by Gasteiger charge is 2.18. The lowest BCUT2D eigenvalue weighted by molar-refractivity contribution is 0.0945. The Hall–Kier alpha value is -2.70. The van der Waals surface area contributed by atoms with Crippen molar-refractivity contribution in [1.82, 2.24) is 20.3 Å². The monoisotopic (exact) mass is 288 g/mol. The Kier molecular flexibility index (Phi) is 4.65. The van der Waals surface area contributed by atoms with Crippen LogP contribution in [0.5, 0.6) is 5.75 Å². The number of hydrogen-bond acceptors (Lipinski definition) is 5. The Bertz CT molecular complexity index is 682. The highest BCUT2D eigenvalue weighted by Crippen LogP contribution is 2.14. The molecule has 0 saturated heterocycles. The molecule has 2 aromatic rings. The number of aromatic amines is 1. The fourth-order valence-electron chi connectivity index (χ4n) is 1.71. The minimum atomic E-state index is -0.772. The summed E-state index contributed by atoms with van der Waals surface area (Å²) in [5, 5.41) is 12.3. The van der Waals surface area contributed by atoms with Gasteiger partial charge in [0.05, 0.1) is 0 Å². The van der Waals surface area contributed by atoms with E-state index in [4.69, 9.17) is 0 Å². The Morgan fingerprint density at radius 1 is 1.43 bits per heavy atom. The van der Waals surface area contributed by atoms with Gasteiger partial charge in [-0.15, -0.1) is 0 Å². The molecule has 2 aromatic heterocycles. The van der Waals surface area contributed by atoms with Crippen molar-refractivity contribution in [2.75, 3.05) is 6.54 Å². The van der Waals surface area contributed by atoms with E-state index in [-0.39, 0.29) is 11.5 Å². The molecule has 0 aliphatic carbocycles. The van der Waals surface area contributed by atoms with Crippen molar-refractivity contribution in [3.05, 3.63) is 40.4 Å². The lowest BCUT2D eigenvalue weighted by Gasteiger charge is -2.07. The quantitative estimate of drug-likeness (QED) is 0.713. The van der Waals surface area contributed by atoms with Gasteiger partial charge in [0.25, 0.3) is 11.5 Å². The Morgan fingerprint density at radius 3 is 2.90 bits per heavy atom. The number of nitrogens with one attached hydrogen (secondary N) is 2. The molecule has 0 radical (unpaired) electrons. The fourth-order valence-corrected chi connectivity index (χ4v) is 1.71. The van der Waals surface area contributed by atoms with E-state index in [9.17, 15) is 14.7 Å². The van der Waals surface area contributed by atoms with Crippen LogP contribution in [-0.4, -0.2) is 32.5 Å². The summed E-state index contributed by atoms with van der Waals surface area (Å²) in [6, 6.07) is 5.10. The second-order valence-corrected chi connectivity index (χ2v) is 4.44. The number of hydrogen-bond donors (Lipinski definition) is 3. The molecule has 0 bridgehead atoms. The summed E-state index contributed by atoms with van der Waals surface area (Å²) < 4.78 is 0. The fraction of sp³-hybridized carbons (Fsp3) is 0.286. The SMILES string of the molecule is CCCCNC(=O)c1nc(-c2ccccn2)[nH]c(=O)c1O. The number of nitrogens with zero attached hydrogens (tertiary/aromatic N) is 2. The number of aromatic hydroxyl groups is 1. The first-order chi connectivity index (χ1) is 10.1. The van der Waals surface area contributed by atoms with Gasteiger partial charge in [0, 0.05) is 12.7 Å². The summed E-state index contributed by atoms with van der Waals surface area (Å²) >= 11 is 0. The lowest BCUT2D eigenvalue weighted by atomic mass is 10.3. The molecule has 0 spiro atoms. The van der Waals surface area contributed by atoms with Gasteiger partial charge in [-0.2, -0.15) is 0 Å². The van der Waals surface area contributed by atoms with Gasteiger partial charge < -0.3 is 15.4 Å². The van der Waals surface area contributed by atoms with E-state index in [2.05, 4.69) is 20.3 Å². The standard InChI is InChI=1S/C14H16N4O3/c1-2-3-7-16-13(20)10-11(19)14(21)18-12(17-10)9-6-4-5-8-15-9/h4-6,8,19H,2-3,7H2,1H3,(H,16,20)(H,17,18,21). The van der Waals surface area contributed by atoms with E-state index >= 15 is 0 Å². The van der Waals surface area contributed by atoms with Crippen LogP contribution in [0.2, 0.25) is 0 Å². The molecule has 1 amide bonds. The Labute approximate surface area is 121 Å². The minimum absolute atomic E-state index is 0.138. The van der Waals surface area contributed by atoms with Crippen LogP contribution in [0.15, 0.2) is 29.2 Å². The van der Waals surface area contributed by atoms with E-state index < -0.39 is 17.2 Å². The first-order valence-corrected chi connectivity index (χ1v) is 6.66. The maximum absolute atomic E-state index is 12.0. The van der Waals surface area contributed by atoms with Crippen LogP contribution in [0.1, 0.15) is 30.3 Å². The molecule has 2 rings (SSSR count). The van der Waals surface area contributed by atoms with Crippen molar-refractivity contribution < 1.29 is 9.90 Å². The zero-order valence-electron chi connectivity index (χ0n) is 11.6. The molecule has 2 heterocycles. The maximum atomic E-state index is 12.0. The summed E-state index contributed by atoms with van der Waals surface area (Å²) in [4.78, 5) is 34.1. The Balaban J connectivity index is 2.35. The van der Waals surface area contributed by atoms with Gasteiger partial charge in [0.15, 0.2) is 11.5 Å². The summed E-state index contributed by atoms with van der Waals surface area (Å²) in [5.41, 5.74) is -0.654. The number of carbonyl (C=O) groups excluding carboxylic acids is 1. The van der Waals surface area contributed by atoms with E-state index in [0.29, 0.717) is 12.2 Å². The van der Waals surface area contributed by atoms with Crippen molar-refractivity contribution in [1.29, 1.82) is 0 Å². The molecular formula is C14H16N4O3. The van der Waals surface area contributed by atoms with Gasteiger partial charge in [-0.3, -0.25) is 14.6 Å². The molecule has 7 nitrogen and oxygen atoms in total. The van der Waals surface area contributed by atoms with Gasteiger partial charge in [-0.05, 0) is 18.6 Å². The van der Waals surface area contributed by atoms with Gasteiger partial charge in [-0.1, -0.05) is 19.4 Å². The molecule has 3 N–H and O–H groups in total. The van der Waals surface area contributed by atoms with E-state index in [1.165, 1.54) is 0 Å². The van der Waals surface area contributed by atoms with E-state index in [0.717, 1.165) is 12.8 Å². The smallest absolute Gasteiger partial charge is 0.294 e. The normalized spacial score (nSPS) is 10.3. The number of rotatable bonds is 5. The van der Waals surface area contributed by atoms with Crippen LogP contribution < -0.4 is 10.9 Å². The van der Waals surface area contributed by atoms with Crippen LogP contribution in [-0.2, 0) is 0 Å². The average molecular weight is 288 g/mol. The van der Waals surface area contributed by atoms with Crippen molar-refractivity contribution >= 4 is 5.91 Å². The zero-order chi connectivity index (χ0) is 15.2. The molecule has 0 aromatic carbocycles. The van der Waals surface area contributed by atoms with Gasteiger partial charge >= 0.3 is 0 Å². The molecule has 0 fully saturated rings. The number of carbonyl (C=O) groups is 1. The second kappa shape index (κ2) is 6.65. The third-order valence-corrected chi connectivity index (χ3v) is 2.83. The van der Waals surface area contributed by atoms with Crippen molar-refractivity contribution in [3.63, 3.8) is 0 Å². The first kappa shape index (κ1) is 14.7. The van der Waals surface area contributed by atoms with Crippen molar-refractivity contribution in [2.45, 2.75) is 19.8 Å². The second-order valence-electron chi connectivity index (χ2n) is 4.44. The van der Waals surface area contributed by atoms with E-state index in [1.807, 2.05) is 6.92 Å². The molecule has 7 heteroatoms. The summed E-state index contributed by atoms with van der Waals surface area (Å²) in [7, 11) is 0. The molecule has 0 unspecified atom stereocenters. The van der Waals surface area contributed by atoms with E-state index in [1.54, 1.807) is 24.4 Å². The molecule has 110 valence electrons. The highest BCUT2D eigenvalue weighted by molar-refractivity contribution is 5.95. The number of aromatic nitrogens is 3. The molecule has 0 atom stereocenters. The molecule has 0 aliphatic rings. The molecule has 0 aliphatic heterocycles. The largest absolute Gasteiger partial charge is 0.501 e. The predicted octanol–water partition coefficient (Wildman–Crippen LogP) is 1.07. The van der Waals surface area contributed by atoms with Crippen LogP contribution in [0.4, 0.5) is 0 Å². The first-order valence-electron chi connectivity index (χ1n) is 6.66. The maximum Gasteiger partial charge on any atom is 0.294 e. The van der Waals surface area contributed by atoms with Crippen LogP contribution in [0.25, 0.3) is 11.5 Å². The minimum Gasteiger partial charge on any atom is -0.501 e. The van der Waals surface area contributed by atoms with Crippen molar-refractivity contribution in [2.24, 2.45) is 0 Å². The average Bonchev–Trinajstić information content (AvgIpc) is 2.51. The third-order valence-electron chi connectivity index (χ3n) is 2.83. The lowest BCUT2D eigenvalue weighted by Crippen LogP contribution is -2.27. The number of pyridine rings is 1. The van der Waals surface area contributed by atoms with Gasteiger partial charge in [-0.25, -0.2) is 4.98 Å². The summed E-state index contributed by atoms with van der Waals surface area (Å²) in [5.74, 6) is -1.13. The predicted molar refractivity (Wildman–Crippen MR) is 77.0 cm³/mol. The zero-order valence-corrected chi connectivity index (χ0v) is 11.6. The number of amides is 1. The Morgan fingerprint density at radius 2 is 2.24 bits per heavy atom. The summed E-state index contributed by atoms with van der Waals surface area (Å²) in [6.45, 7) is 2.45. The summed E-state index contributed by atoms with van der Waals surface area (Å²) in [6.07, 6.45) is 3.28. The van der Waals surface area contributed by atoms with Gasteiger partial charge in [0.1, 0.15) is 5.69 Å². The van der Waals surface area contributed by atoms with Crippen LogP contribution in [0, 0.1) is 0 Å². The van der Waals surface area contributed by atoms with Gasteiger partial charge in [0.2, 0.25) is 5.75 Å². The highest BCUT2D eigenvalue weighted by atomic mass is 16.3. The molecular weight excluding hydrogens is 272 g/mol. The van der Waals surface area contributed by atoms with Crippen LogP contribution >= 0.6 is 0 Å². The molecule has 21 heavy (non-hydrogen) atoms. The van der Waals surface area contributed by atoms with Crippen molar-refractivity contribution in [3.8, 4) is 17.3 Å². The van der Waals surface area contributed by atoms with Crippen LogP contribution in [0.3, 0.4) is 0 Å².